The number of hydrogen-bond donors (Lipinski definition) is 1. The van der Waals surface area contributed by atoms with Gasteiger partial charge in [-0.05, 0) is 35.9 Å². The number of nitrogens with one attached hydrogen (secondary N) is 1. The van der Waals surface area contributed by atoms with Crippen molar-refractivity contribution < 1.29 is 4.79 Å². The normalized spacial score (nSPS) is 15.0. The van der Waals surface area contributed by atoms with Crippen LogP contribution in [0.2, 0.25) is 0 Å². The van der Waals surface area contributed by atoms with Gasteiger partial charge in [0.25, 0.3) is 5.56 Å². The van der Waals surface area contributed by atoms with E-state index in [0.717, 1.165) is 29.8 Å². The summed E-state index contributed by atoms with van der Waals surface area (Å²) in [7, 11) is 0. The lowest BCUT2D eigenvalue weighted by Gasteiger charge is -2.31. The highest BCUT2D eigenvalue weighted by Crippen LogP contribution is 2.27. The maximum absolute atomic E-state index is 12.5. The molecule has 0 atom stereocenters. The largest absolute Gasteiger partial charge is 0.342 e. The first kappa shape index (κ1) is 17.6. The molecule has 3 aromatic heterocycles. The summed E-state index contributed by atoms with van der Waals surface area (Å²) < 4.78 is 0. The van der Waals surface area contributed by atoms with E-state index in [1.165, 1.54) is 6.07 Å². The SMILES string of the molecule is O=C(Cc1cccnc1)N1CCC(c2nc(-c3ccsc3)cc(=O)[nH]2)CC1. The van der Waals surface area contributed by atoms with Crippen molar-refractivity contribution in [3.05, 3.63) is 69.2 Å². The zero-order valence-electron chi connectivity index (χ0n) is 14.8. The molecular formula is C20H20N4O2S. The van der Waals surface area contributed by atoms with Crippen LogP contribution in [0.4, 0.5) is 0 Å². The number of aromatic amines is 1. The first-order chi connectivity index (χ1) is 13.2. The van der Waals surface area contributed by atoms with Gasteiger partial charge in [0.15, 0.2) is 0 Å². The van der Waals surface area contributed by atoms with Crippen LogP contribution in [-0.2, 0) is 11.2 Å². The van der Waals surface area contributed by atoms with E-state index in [1.807, 2.05) is 33.9 Å². The molecule has 0 aromatic carbocycles. The highest BCUT2D eigenvalue weighted by molar-refractivity contribution is 7.08. The Bertz CT molecular complexity index is 961. The zero-order chi connectivity index (χ0) is 18.6. The molecule has 138 valence electrons. The van der Waals surface area contributed by atoms with Crippen LogP contribution < -0.4 is 5.56 Å². The van der Waals surface area contributed by atoms with Crippen LogP contribution >= 0.6 is 11.3 Å². The molecule has 1 aliphatic rings. The second-order valence-corrected chi connectivity index (χ2v) is 7.50. The highest BCUT2D eigenvalue weighted by Gasteiger charge is 2.25. The number of hydrogen-bond acceptors (Lipinski definition) is 5. The monoisotopic (exact) mass is 380 g/mol. The molecule has 0 unspecified atom stereocenters. The number of piperidine rings is 1. The molecule has 3 aromatic rings. The number of nitrogens with zero attached hydrogens (tertiary/aromatic N) is 3. The Kier molecular flexibility index (Phi) is 5.11. The average Bonchev–Trinajstić information content (AvgIpc) is 3.23. The van der Waals surface area contributed by atoms with Gasteiger partial charge < -0.3 is 9.88 Å². The first-order valence-corrected chi connectivity index (χ1v) is 9.94. The van der Waals surface area contributed by atoms with E-state index < -0.39 is 0 Å². The lowest BCUT2D eigenvalue weighted by molar-refractivity contribution is -0.131. The van der Waals surface area contributed by atoms with Crippen molar-refractivity contribution >= 4 is 17.2 Å². The minimum absolute atomic E-state index is 0.120. The third-order valence-corrected chi connectivity index (χ3v) is 5.57. The van der Waals surface area contributed by atoms with E-state index >= 15 is 0 Å². The maximum atomic E-state index is 12.5. The van der Waals surface area contributed by atoms with Gasteiger partial charge in [-0.15, -0.1) is 0 Å². The van der Waals surface area contributed by atoms with Gasteiger partial charge in [0.2, 0.25) is 5.91 Å². The number of amides is 1. The van der Waals surface area contributed by atoms with Crippen molar-refractivity contribution in [2.24, 2.45) is 0 Å². The molecule has 0 bridgehead atoms. The van der Waals surface area contributed by atoms with Gasteiger partial charge in [0.05, 0.1) is 12.1 Å². The minimum Gasteiger partial charge on any atom is -0.342 e. The summed E-state index contributed by atoms with van der Waals surface area (Å²) in [6, 6.07) is 7.27. The fourth-order valence-corrected chi connectivity index (χ4v) is 4.07. The van der Waals surface area contributed by atoms with E-state index in [1.54, 1.807) is 23.7 Å². The fourth-order valence-electron chi connectivity index (χ4n) is 3.42. The molecule has 1 fully saturated rings. The smallest absolute Gasteiger partial charge is 0.251 e. The van der Waals surface area contributed by atoms with E-state index in [0.29, 0.717) is 25.2 Å². The standard InChI is InChI=1S/C20H20N4O2S/c25-18-11-17(16-5-9-27-13-16)22-20(23-18)15-3-7-24(8-4-15)19(26)10-14-2-1-6-21-12-14/h1-2,5-6,9,11-13,15H,3-4,7-8,10H2,(H,22,23,25). The number of H-pyrrole nitrogens is 1. The van der Waals surface area contributed by atoms with Crippen LogP contribution in [0.25, 0.3) is 11.3 Å². The molecule has 7 heteroatoms. The summed E-state index contributed by atoms with van der Waals surface area (Å²) >= 11 is 1.59. The van der Waals surface area contributed by atoms with Gasteiger partial charge in [-0.2, -0.15) is 11.3 Å². The van der Waals surface area contributed by atoms with Crippen molar-refractivity contribution in [2.45, 2.75) is 25.2 Å². The quantitative estimate of drug-likeness (QED) is 0.755. The van der Waals surface area contributed by atoms with E-state index in [-0.39, 0.29) is 17.4 Å². The Balaban J connectivity index is 1.42. The molecule has 1 aliphatic heterocycles. The number of aromatic nitrogens is 3. The summed E-state index contributed by atoms with van der Waals surface area (Å²) in [5.74, 6) is 1.01. The van der Waals surface area contributed by atoms with Crippen LogP contribution in [0.3, 0.4) is 0 Å². The second kappa shape index (κ2) is 7.84. The summed E-state index contributed by atoms with van der Waals surface area (Å²) in [5, 5.41) is 3.97. The molecule has 1 N–H and O–H groups in total. The molecular weight excluding hydrogens is 360 g/mol. The Morgan fingerprint density at radius 2 is 2.15 bits per heavy atom. The number of carbonyl (C=O) groups excluding carboxylic acids is 1. The number of carbonyl (C=O) groups is 1. The average molecular weight is 380 g/mol. The lowest BCUT2D eigenvalue weighted by Crippen LogP contribution is -2.39. The van der Waals surface area contributed by atoms with Crippen molar-refractivity contribution in [2.75, 3.05) is 13.1 Å². The molecule has 0 radical (unpaired) electrons. The minimum atomic E-state index is -0.128. The molecule has 6 nitrogen and oxygen atoms in total. The third kappa shape index (κ3) is 4.14. The van der Waals surface area contributed by atoms with Crippen molar-refractivity contribution in [1.29, 1.82) is 0 Å². The number of likely N-dealkylation sites (tertiary alicyclic amines) is 1. The molecule has 0 spiro atoms. The molecule has 1 saturated heterocycles. The predicted molar refractivity (Wildman–Crippen MR) is 105 cm³/mol. The van der Waals surface area contributed by atoms with Gasteiger partial charge >= 0.3 is 0 Å². The van der Waals surface area contributed by atoms with Gasteiger partial charge in [-0.25, -0.2) is 4.98 Å². The summed E-state index contributed by atoms with van der Waals surface area (Å²) in [5.41, 5.74) is 2.48. The van der Waals surface area contributed by atoms with Gasteiger partial charge in [-0.1, -0.05) is 6.07 Å². The lowest BCUT2D eigenvalue weighted by atomic mass is 9.95. The summed E-state index contributed by atoms with van der Waals surface area (Å²) in [6.07, 6.45) is 5.41. The fraction of sp³-hybridized carbons (Fsp3) is 0.300. The Labute approximate surface area is 160 Å². The summed E-state index contributed by atoms with van der Waals surface area (Å²) in [4.78, 5) is 38.1. The third-order valence-electron chi connectivity index (χ3n) is 4.89. The van der Waals surface area contributed by atoms with Gasteiger partial charge in [0, 0.05) is 48.4 Å². The topological polar surface area (TPSA) is 79.0 Å². The van der Waals surface area contributed by atoms with Crippen LogP contribution in [0.1, 0.15) is 30.1 Å². The van der Waals surface area contributed by atoms with Gasteiger partial charge in [0.1, 0.15) is 5.82 Å². The van der Waals surface area contributed by atoms with Crippen molar-refractivity contribution in [1.82, 2.24) is 19.9 Å². The van der Waals surface area contributed by atoms with Crippen LogP contribution in [0, 0.1) is 0 Å². The highest BCUT2D eigenvalue weighted by atomic mass is 32.1. The van der Waals surface area contributed by atoms with Crippen LogP contribution in [0.15, 0.2) is 52.2 Å². The van der Waals surface area contributed by atoms with E-state index in [2.05, 4.69) is 15.0 Å². The maximum Gasteiger partial charge on any atom is 0.251 e. The summed E-state index contributed by atoms with van der Waals surface area (Å²) in [6.45, 7) is 1.35. The van der Waals surface area contributed by atoms with Gasteiger partial charge in [-0.3, -0.25) is 14.6 Å². The number of rotatable bonds is 4. The molecule has 27 heavy (non-hydrogen) atoms. The molecule has 4 rings (SSSR count). The molecule has 4 heterocycles. The second-order valence-electron chi connectivity index (χ2n) is 6.72. The van der Waals surface area contributed by atoms with Crippen LogP contribution in [0.5, 0.6) is 0 Å². The van der Waals surface area contributed by atoms with Crippen molar-refractivity contribution in [3.63, 3.8) is 0 Å². The molecule has 1 amide bonds. The number of thiophene rings is 1. The Morgan fingerprint density at radius 3 is 2.85 bits per heavy atom. The zero-order valence-corrected chi connectivity index (χ0v) is 15.6. The molecule has 0 aliphatic carbocycles. The van der Waals surface area contributed by atoms with E-state index in [9.17, 15) is 9.59 Å². The Morgan fingerprint density at radius 1 is 1.30 bits per heavy atom. The van der Waals surface area contributed by atoms with E-state index in [4.69, 9.17) is 0 Å². The molecule has 0 saturated carbocycles. The Hall–Kier alpha value is -2.80. The first-order valence-electron chi connectivity index (χ1n) is 8.99. The number of pyridine rings is 1. The van der Waals surface area contributed by atoms with Crippen LogP contribution in [-0.4, -0.2) is 38.8 Å². The van der Waals surface area contributed by atoms with Crippen molar-refractivity contribution in [3.8, 4) is 11.3 Å². The predicted octanol–water partition coefficient (Wildman–Crippen LogP) is 2.84.